The van der Waals surface area contributed by atoms with Crippen LogP contribution < -0.4 is 15.8 Å². The Kier molecular flexibility index (Phi) is 6.70. The molecule has 9 nitrogen and oxygen atoms in total. The summed E-state index contributed by atoms with van der Waals surface area (Å²) in [4.78, 5) is 40.0. The molecule has 0 spiro atoms. The summed E-state index contributed by atoms with van der Waals surface area (Å²) in [6.07, 6.45) is 6.58. The maximum atomic E-state index is 12.6. The number of hydrogen-bond acceptors (Lipinski definition) is 7. The molecule has 1 aliphatic rings. The first-order valence-corrected chi connectivity index (χ1v) is 11.9. The van der Waals surface area contributed by atoms with Gasteiger partial charge in [0.1, 0.15) is 11.6 Å². The van der Waals surface area contributed by atoms with Crippen LogP contribution in [-0.2, 0) is 4.79 Å². The predicted octanol–water partition coefficient (Wildman–Crippen LogP) is 3.93. The fourth-order valence-electron chi connectivity index (χ4n) is 4.23. The molecule has 3 heterocycles. The molecule has 36 heavy (non-hydrogen) atoms. The largest absolute Gasteiger partial charge is 0.484 e. The molecule has 9 heteroatoms. The van der Waals surface area contributed by atoms with Crippen molar-refractivity contribution in [1.82, 2.24) is 19.9 Å². The molecule has 0 saturated carbocycles. The van der Waals surface area contributed by atoms with Crippen LogP contribution in [-0.4, -0.2) is 51.4 Å². The molecule has 3 N–H and O–H groups in total. The summed E-state index contributed by atoms with van der Waals surface area (Å²) in [5.41, 5.74) is 7.85. The van der Waals surface area contributed by atoms with E-state index in [9.17, 15) is 9.59 Å². The first-order valence-electron chi connectivity index (χ1n) is 11.9. The third-order valence-corrected chi connectivity index (χ3v) is 6.10. The number of carbonyl (C=O) groups is 2. The second kappa shape index (κ2) is 10.4. The lowest BCUT2D eigenvalue weighted by molar-refractivity contribution is -0.134. The number of hydrogen-bond donors (Lipinski definition) is 2. The molecule has 2 aromatic heterocycles. The molecular weight excluding hydrogens is 456 g/mol. The summed E-state index contributed by atoms with van der Waals surface area (Å²) in [5, 5.41) is 3.92. The van der Waals surface area contributed by atoms with Gasteiger partial charge in [-0.3, -0.25) is 14.6 Å². The van der Waals surface area contributed by atoms with Crippen molar-refractivity contribution in [2.45, 2.75) is 19.3 Å². The lowest BCUT2D eigenvalue weighted by atomic mass is 10.1. The number of para-hydroxylation sites is 1. The number of ether oxygens (including phenoxy) is 1. The van der Waals surface area contributed by atoms with Crippen molar-refractivity contribution in [2.24, 2.45) is 5.73 Å². The van der Waals surface area contributed by atoms with E-state index in [2.05, 4.69) is 10.3 Å². The lowest BCUT2D eigenvalue weighted by Crippen LogP contribution is -2.38. The van der Waals surface area contributed by atoms with E-state index in [1.165, 1.54) is 0 Å². The zero-order chi connectivity index (χ0) is 24.9. The van der Waals surface area contributed by atoms with Crippen LogP contribution in [0, 0.1) is 0 Å². The summed E-state index contributed by atoms with van der Waals surface area (Å²) in [7, 11) is 0. The Labute approximate surface area is 208 Å². The Morgan fingerprint density at radius 1 is 1.00 bits per heavy atom. The van der Waals surface area contributed by atoms with Gasteiger partial charge in [-0.25, -0.2) is 9.97 Å². The van der Waals surface area contributed by atoms with E-state index in [0.29, 0.717) is 39.5 Å². The zero-order valence-corrected chi connectivity index (χ0v) is 19.7. The third-order valence-electron chi connectivity index (χ3n) is 6.10. The summed E-state index contributed by atoms with van der Waals surface area (Å²) in [6, 6.07) is 16.0. The van der Waals surface area contributed by atoms with Crippen LogP contribution >= 0.6 is 0 Å². The van der Waals surface area contributed by atoms with E-state index in [1.54, 1.807) is 48.8 Å². The molecule has 1 saturated heterocycles. The number of piperidine rings is 1. The minimum Gasteiger partial charge on any atom is -0.484 e. The van der Waals surface area contributed by atoms with Gasteiger partial charge >= 0.3 is 0 Å². The molecule has 1 fully saturated rings. The van der Waals surface area contributed by atoms with Crippen molar-refractivity contribution < 1.29 is 14.3 Å². The van der Waals surface area contributed by atoms with Crippen molar-refractivity contribution in [1.29, 1.82) is 0 Å². The molecule has 0 aliphatic carbocycles. The van der Waals surface area contributed by atoms with Gasteiger partial charge in [-0.05, 0) is 61.7 Å². The van der Waals surface area contributed by atoms with Crippen LogP contribution in [0.25, 0.3) is 22.3 Å². The molecule has 4 aromatic rings. The summed E-state index contributed by atoms with van der Waals surface area (Å²) < 4.78 is 5.85. The number of amides is 2. The lowest BCUT2D eigenvalue weighted by Gasteiger charge is -2.26. The van der Waals surface area contributed by atoms with Gasteiger partial charge in [0.2, 0.25) is 0 Å². The van der Waals surface area contributed by atoms with Crippen molar-refractivity contribution >= 4 is 34.2 Å². The fraction of sp³-hybridized carbons (Fsp3) is 0.222. The molecular formula is C27H26N6O3. The van der Waals surface area contributed by atoms with Crippen molar-refractivity contribution in [3.63, 3.8) is 0 Å². The first kappa shape index (κ1) is 23.2. The van der Waals surface area contributed by atoms with Crippen LogP contribution in [0.4, 0.5) is 11.5 Å². The Bertz CT molecular complexity index is 1400. The van der Waals surface area contributed by atoms with Crippen LogP contribution in [0.15, 0.2) is 67.0 Å². The number of anilines is 2. The van der Waals surface area contributed by atoms with Crippen molar-refractivity contribution in [2.75, 3.05) is 25.0 Å². The third kappa shape index (κ3) is 5.10. The Hall–Kier alpha value is -4.53. The van der Waals surface area contributed by atoms with E-state index >= 15 is 0 Å². The smallest absolute Gasteiger partial charge is 0.260 e. The Morgan fingerprint density at radius 2 is 1.83 bits per heavy atom. The second-order valence-corrected chi connectivity index (χ2v) is 8.58. The number of pyridine rings is 1. The maximum absolute atomic E-state index is 12.6. The first-order chi connectivity index (χ1) is 17.6. The van der Waals surface area contributed by atoms with Gasteiger partial charge in [-0.1, -0.05) is 12.1 Å². The highest BCUT2D eigenvalue weighted by atomic mass is 16.5. The van der Waals surface area contributed by atoms with Crippen molar-refractivity contribution in [3.05, 3.63) is 72.6 Å². The van der Waals surface area contributed by atoms with Crippen LogP contribution in [0.3, 0.4) is 0 Å². The van der Waals surface area contributed by atoms with Gasteiger partial charge in [0.25, 0.3) is 11.8 Å². The van der Waals surface area contributed by atoms with Gasteiger partial charge < -0.3 is 20.7 Å². The quantitative estimate of drug-likeness (QED) is 0.409. The van der Waals surface area contributed by atoms with Gasteiger partial charge in [0, 0.05) is 36.4 Å². The van der Waals surface area contributed by atoms with E-state index in [1.807, 2.05) is 23.1 Å². The van der Waals surface area contributed by atoms with Crippen LogP contribution in [0.1, 0.15) is 29.6 Å². The van der Waals surface area contributed by atoms with E-state index in [-0.39, 0.29) is 12.5 Å². The molecule has 0 radical (unpaired) electrons. The van der Waals surface area contributed by atoms with E-state index in [0.717, 1.165) is 37.9 Å². The molecule has 0 bridgehead atoms. The molecule has 2 amide bonds. The highest BCUT2D eigenvalue weighted by Crippen LogP contribution is 2.31. The number of nitrogens with two attached hydrogens (primary N) is 1. The van der Waals surface area contributed by atoms with Gasteiger partial charge in [0.15, 0.2) is 12.4 Å². The van der Waals surface area contributed by atoms with Gasteiger partial charge in [-0.2, -0.15) is 0 Å². The normalized spacial score (nSPS) is 13.4. The summed E-state index contributed by atoms with van der Waals surface area (Å²) >= 11 is 0. The number of carbonyl (C=O) groups excluding carboxylic acids is 2. The molecule has 2 aromatic carbocycles. The standard InChI is InChI=1S/C27H26N6O3/c28-25(35)20-8-2-3-9-22(20)31-27-21-15-19(36-17-24(34)33-13-4-1-5-14-33)10-11-23(21)30-26(32-27)18-7-6-12-29-16-18/h2-3,6-12,15-16H,1,4-5,13-14,17H2,(H2,28,35)(H,30,31,32). The molecule has 5 rings (SSSR count). The minimum atomic E-state index is -0.552. The number of fused-ring (bicyclic) bond motifs is 1. The van der Waals surface area contributed by atoms with Crippen molar-refractivity contribution in [3.8, 4) is 17.1 Å². The van der Waals surface area contributed by atoms with Gasteiger partial charge in [-0.15, -0.1) is 0 Å². The number of nitrogens with one attached hydrogen (secondary N) is 1. The number of primary amides is 1. The fourth-order valence-corrected chi connectivity index (χ4v) is 4.23. The van der Waals surface area contributed by atoms with Crippen LogP contribution in [0.5, 0.6) is 5.75 Å². The molecule has 0 unspecified atom stereocenters. The monoisotopic (exact) mass is 482 g/mol. The van der Waals surface area contributed by atoms with Gasteiger partial charge in [0.05, 0.1) is 16.8 Å². The average molecular weight is 483 g/mol. The highest BCUT2D eigenvalue weighted by molar-refractivity contribution is 6.01. The van der Waals surface area contributed by atoms with E-state index < -0.39 is 5.91 Å². The topological polar surface area (TPSA) is 123 Å². The van der Waals surface area contributed by atoms with E-state index in [4.69, 9.17) is 20.4 Å². The molecule has 0 atom stereocenters. The zero-order valence-electron chi connectivity index (χ0n) is 19.7. The Balaban J connectivity index is 1.50. The molecule has 182 valence electrons. The number of nitrogens with zero attached hydrogens (tertiary/aromatic N) is 4. The number of likely N-dealkylation sites (tertiary alicyclic amines) is 1. The average Bonchev–Trinajstić information content (AvgIpc) is 2.93. The maximum Gasteiger partial charge on any atom is 0.260 e. The number of benzene rings is 2. The molecule has 1 aliphatic heterocycles. The summed E-state index contributed by atoms with van der Waals surface area (Å²) in [6.45, 7) is 1.52. The van der Waals surface area contributed by atoms with Crippen LogP contribution in [0.2, 0.25) is 0 Å². The SMILES string of the molecule is NC(=O)c1ccccc1Nc1nc(-c2cccnc2)nc2ccc(OCC(=O)N3CCCCC3)cc12. The highest BCUT2D eigenvalue weighted by Gasteiger charge is 2.18. The minimum absolute atomic E-state index is 0.0216. The predicted molar refractivity (Wildman–Crippen MR) is 137 cm³/mol. The number of aromatic nitrogens is 3. The second-order valence-electron chi connectivity index (χ2n) is 8.58. The Morgan fingerprint density at radius 3 is 2.61 bits per heavy atom. The summed E-state index contributed by atoms with van der Waals surface area (Å²) in [5.74, 6) is 0.900. The number of rotatable bonds is 7.